The van der Waals surface area contributed by atoms with Crippen LogP contribution in [0.3, 0.4) is 0 Å². The molecule has 6 nitrogen and oxygen atoms in total. The van der Waals surface area contributed by atoms with E-state index >= 15 is 0 Å². The van der Waals surface area contributed by atoms with Crippen molar-refractivity contribution in [1.82, 2.24) is 20.5 Å². The average Bonchev–Trinajstić information content (AvgIpc) is 2.88. The Morgan fingerprint density at radius 3 is 2.89 bits per heavy atom. The van der Waals surface area contributed by atoms with E-state index in [0.717, 1.165) is 5.69 Å². The van der Waals surface area contributed by atoms with E-state index in [4.69, 9.17) is 0 Å². The Kier molecular flexibility index (Phi) is 3.91. The number of aromatic amines is 1. The van der Waals surface area contributed by atoms with Crippen molar-refractivity contribution in [3.8, 4) is 5.75 Å². The molecule has 0 saturated carbocycles. The van der Waals surface area contributed by atoms with Crippen LogP contribution in [0.1, 0.15) is 22.5 Å². The number of aliphatic hydroxyl groups is 1. The van der Waals surface area contributed by atoms with E-state index in [1.54, 1.807) is 19.3 Å². The van der Waals surface area contributed by atoms with Gasteiger partial charge in [0.05, 0.1) is 12.3 Å². The van der Waals surface area contributed by atoms with Gasteiger partial charge in [0.25, 0.3) is 0 Å². The predicted octanol–water partition coefficient (Wildman–Crippen LogP) is 0.601. The van der Waals surface area contributed by atoms with E-state index in [0.29, 0.717) is 29.9 Å². The third-order valence-electron chi connectivity index (χ3n) is 2.78. The van der Waals surface area contributed by atoms with Gasteiger partial charge in [0.15, 0.2) is 0 Å². The van der Waals surface area contributed by atoms with Crippen molar-refractivity contribution >= 4 is 0 Å². The van der Waals surface area contributed by atoms with Crippen LogP contribution < -0.4 is 5.32 Å². The summed E-state index contributed by atoms with van der Waals surface area (Å²) in [4.78, 5) is 4.01. The molecular formula is C12H16N4O2. The van der Waals surface area contributed by atoms with Crippen molar-refractivity contribution < 1.29 is 10.2 Å². The third-order valence-corrected chi connectivity index (χ3v) is 2.78. The van der Waals surface area contributed by atoms with E-state index in [-0.39, 0.29) is 12.4 Å². The van der Waals surface area contributed by atoms with Crippen molar-refractivity contribution in [3.05, 3.63) is 41.0 Å². The molecule has 0 aliphatic rings. The molecule has 0 bridgehead atoms. The fourth-order valence-electron chi connectivity index (χ4n) is 1.72. The first-order valence-corrected chi connectivity index (χ1v) is 5.68. The number of aliphatic hydroxyl groups excluding tert-OH is 1. The van der Waals surface area contributed by atoms with Gasteiger partial charge in [-0.1, -0.05) is 0 Å². The molecule has 0 aromatic carbocycles. The minimum Gasteiger partial charge on any atom is -0.506 e. The Labute approximate surface area is 105 Å². The first kappa shape index (κ1) is 12.5. The molecule has 0 fully saturated rings. The summed E-state index contributed by atoms with van der Waals surface area (Å²) < 4.78 is 0. The molecule has 0 radical (unpaired) electrons. The maximum absolute atomic E-state index is 9.93. The quantitative estimate of drug-likeness (QED) is 0.621. The molecular weight excluding hydrogens is 232 g/mol. The number of nitrogens with zero attached hydrogens (tertiary/aromatic N) is 2. The van der Waals surface area contributed by atoms with Gasteiger partial charge in [0.2, 0.25) is 0 Å². The first-order valence-electron chi connectivity index (χ1n) is 5.68. The minimum atomic E-state index is -0.137. The highest BCUT2D eigenvalue weighted by molar-refractivity contribution is 5.40. The largest absolute Gasteiger partial charge is 0.506 e. The van der Waals surface area contributed by atoms with Crippen molar-refractivity contribution in [3.63, 3.8) is 0 Å². The Hall–Kier alpha value is -1.92. The van der Waals surface area contributed by atoms with Crippen LogP contribution in [0.5, 0.6) is 5.75 Å². The van der Waals surface area contributed by atoms with Crippen LogP contribution in [0.25, 0.3) is 0 Å². The zero-order chi connectivity index (χ0) is 13.0. The lowest BCUT2D eigenvalue weighted by molar-refractivity contribution is 0.278. The van der Waals surface area contributed by atoms with Gasteiger partial charge in [0.1, 0.15) is 5.75 Å². The zero-order valence-electron chi connectivity index (χ0n) is 10.1. The number of hydrogen-bond donors (Lipinski definition) is 4. The average molecular weight is 248 g/mol. The summed E-state index contributed by atoms with van der Waals surface area (Å²) in [5.74, 6) is 0.138. The molecule has 0 spiro atoms. The van der Waals surface area contributed by atoms with Gasteiger partial charge < -0.3 is 15.5 Å². The van der Waals surface area contributed by atoms with Gasteiger partial charge in [-0.3, -0.25) is 10.1 Å². The van der Waals surface area contributed by atoms with Crippen LogP contribution in [0.2, 0.25) is 0 Å². The normalized spacial score (nSPS) is 10.8. The van der Waals surface area contributed by atoms with E-state index < -0.39 is 0 Å². The standard InChI is InChI=1S/C12H16N4O2/c1-8-12(18)11(9(7-17)4-14-8)6-13-5-10-2-3-15-16-10/h2-4,13,17-18H,5-7H2,1H3,(H,15,16). The number of nitrogens with one attached hydrogen (secondary N) is 2. The molecule has 4 N–H and O–H groups in total. The fourth-order valence-corrected chi connectivity index (χ4v) is 1.72. The number of pyridine rings is 1. The Balaban J connectivity index is 2.06. The fraction of sp³-hybridized carbons (Fsp3) is 0.333. The number of rotatable bonds is 5. The van der Waals surface area contributed by atoms with Gasteiger partial charge >= 0.3 is 0 Å². The molecule has 2 rings (SSSR count). The van der Waals surface area contributed by atoms with E-state index in [9.17, 15) is 10.2 Å². The summed E-state index contributed by atoms with van der Waals surface area (Å²) in [5.41, 5.74) is 2.84. The van der Waals surface area contributed by atoms with Gasteiger partial charge in [-0.15, -0.1) is 0 Å². The summed E-state index contributed by atoms with van der Waals surface area (Å²) in [6.45, 7) is 2.67. The summed E-state index contributed by atoms with van der Waals surface area (Å²) in [5, 5.41) is 29.0. The lowest BCUT2D eigenvalue weighted by atomic mass is 10.1. The van der Waals surface area contributed by atoms with Gasteiger partial charge in [-0.25, -0.2) is 0 Å². The summed E-state index contributed by atoms with van der Waals surface area (Å²) in [7, 11) is 0. The first-order chi connectivity index (χ1) is 8.72. The maximum atomic E-state index is 9.93. The number of hydrogen-bond acceptors (Lipinski definition) is 5. The monoisotopic (exact) mass is 248 g/mol. The second kappa shape index (κ2) is 5.61. The Morgan fingerprint density at radius 2 is 2.22 bits per heavy atom. The zero-order valence-corrected chi connectivity index (χ0v) is 10.1. The molecule has 2 heterocycles. The van der Waals surface area contributed by atoms with Crippen LogP contribution in [0.15, 0.2) is 18.5 Å². The summed E-state index contributed by atoms with van der Waals surface area (Å²) in [6.07, 6.45) is 3.27. The lowest BCUT2D eigenvalue weighted by Crippen LogP contribution is -2.15. The minimum absolute atomic E-state index is 0.137. The number of aromatic hydroxyl groups is 1. The molecule has 2 aromatic heterocycles. The predicted molar refractivity (Wildman–Crippen MR) is 65.7 cm³/mol. The molecule has 2 aromatic rings. The van der Waals surface area contributed by atoms with Crippen LogP contribution >= 0.6 is 0 Å². The molecule has 0 aliphatic heterocycles. The molecule has 0 aliphatic carbocycles. The number of aromatic nitrogens is 3. The number of aryl methyl sites for hydroxylation is 1. The molecule has 0 atom stereocenters. The van der Waals surface area contributed by atoms with Gasteiger partial charge in [0, 0.05) is 42.3 Å². The van der Waals surface area contributed by atoms with Crippen LogP contribution in [-0.2, 0) is 19.7 Å². The van der Waals surface area contributed by atoms with E-state index in [2.05, 4.69) is 20.5 Å². The molecule has 6 heteroatoms. The molecule has 0 unspecified atom stereocenters. The summed E-state index contributed by atoms with van der Waals surface area (Å²) >= 11 is 0. The SMILES string of the molecule is Cc1ncc(CO)c(CNCc2ccn[nH]2)c1O. The lowest BCUT2D eigenvalue weighted by Gasteiger charge is -2.11. The van der Waals surface area contributed by atoms with E-state index in [1.807, 2.05) is 6.07 Å². The van der Waals surface area contributed by atoms with Gasteiger partial charge in [-0.2, -0.15) is 5.10 Å². The second-order valence-electron chi connectivity index (χ2n) is 4.04. The van der Waals surface area contributed by atoms with Crippen LogP contribution in [0.4, 0.5) is 0 Å². The Bertz CT molecular complexity index is 511. The van der Waals surface area contributed by atoms with E-state index in [1.165, 1.54) is 0 Å². The second-order valence-corrected chi connectivity index (χ2v) is 4.04. The molecule has 96 valence electrons. The summed E-state index contributed by atoms with van der Waals surface area (Å²) in [6, 6.07) is 1.87. The number of H-pyrrole nitrogens is 1. The van der Waals surface area contributed by atoms with Crippen LogP contribution in [-0.4, -0.2) is 25.4 Å². The van der Waals surface area contributed by atoms with Crippen LogP contribution in [0, 0.1) is 6.92 Å². The smallest absolute Gasteiger partial charge is 0.141 e. The molecule has 0 amide bonds. The van der Waals surface area contributed by atoms with Crippen molar-refractivity contribution in [2.45, 2.75) is 26.6 Å². The van der Waals surface area contributed by atoms with Crippen molar-refractivity contribution in [1.29, 1.82) is 0 Å². The highest BCUT2D eigenvalue weighted by atomic mass is 16.3. The third kappa shape index (κ3) is 2.66. The molecule has 18 heavy (non-hydrogen) atoms. The maximum Gasteiger partial charge on any atom is 0.141 e. The Morgan fingerprint density at radius 1 is 1.39 bits per heavy atom. The van der Waals surface area contributed by atoms with Crippen molar-refractivity contribution in [2.24, 2.45) is 0 Å². The molecule has 0 saturated heterocycles. The highest BCUT2D eigenvalue weighted by Gasteiger charge is 2.10. The van der Waals surface area contributed by atoms with Gasteiger partial charge in [-0.05, 0) is 13.0 Å². The highest BCUT2D eigenvalue weighted by Crippen LogP contribution is 2.23. The van der Waals surface area contributed by atoms with Crippen molar-refractivity contribution in [2.75, 3.05) is 0 Å². The topological polar surface area (TPSA) is 94.1 Å².